The van der Waals surface area contributed by atoms with Gasteiger partial charge >= 0.3 is 0 Å². The number of carbonyl (C=O) groups excluding carboxylic acids is 2. The van der Waals surface area contributed by atoms with E-state index < -0.39 is 16.9 Å². The number of aromatic hydroxyl groups is 1. The van der Waals surface area contributed by atoms with Crippen molar-refractivity contribution in [2.24, 2.45) is 5.73 Å². The lowest BCUT2D eigenvalue weighted by Gasteiger charge is -2.63. The molecule has 1 unspecified atom stereocenters. The Labute approximate surface area is 158 Å². The van der Waals surface area contributed by atoms with E-state index >= 15 is 0 Å². The maximum absolute atomic E-state index is 12.4. The minimum absolute atomic E-state index is 0.0519. The summed E-state index contributed by atoms with van der Waals surface area (Å²) in [5.74, 6) is -0.774. The molecule has 3 atom stereocenters. The summed E-state index contributed by atoms with van der Waals surface area (Å²) in [6.45, 7) is 5.33. The lowest BCUT2D eigenvalue weighted by Crippen LogP contribution is -2.73. The quantitative estimate of drug-likeness (QED) is 0.696. The van der Waals surface area contributed by atoms with E-state index in [2.05, 4.69) is 11.5 Å². The van der Waals surface area contributed by atoms with Crippen LogP contribution >= 0.6 is 0 Å². The van der Waals surface area contributed by atoms with E-state index in [9.17, 15) is 19.8 Å². The molecule has 1 aromatic carbocycles. The van der Waals surface area contributed by atoms with E-state index in [1.54, 1.807) is 6.07 Å². The van der Waals surface area contributed by atoms with Gasteiger partial charge < -0.3 is 15.9 Å². The zero-order valence-electron chi connectivity index (χ0n) is 15.4. The number of amides is 1. The number of rotatable bonds is 4. The second-order valence-corrected chi connectivity index (χ2v) is 8.17. The Bertz CT molecular complexity index is 836. The molecule has 0 radical (unpaired) electrons. The van der Waals surface area contributed by atoms with Crippen molar-refractivity contribution in [1.82, 2.24) is 4.90 Å². The number of nitrogens with two attached hydrogens (primary N) is 1. The second-order valence-electron chi connectivity index (χ2n) is 8.17. The molecular weight excluding hydrogens is 344 g/mol. The molecule has 1 saturated heterocycles. The smallest absolute Gasteiger partial charge is 0.252 e. The third kappa shape index (κ3) is 2.39. The third-order valence-corrected chi connectivity index (χ3v) is 6.97. The molecule has 2 fully saturated rings. The van der Waals surface area contributed by atoms with Gasteiger partial charge in [-0.1, -0.05) is 12.1 Å². The van der Waals surface area contributed by atoms with Gasteiger partial charge in [0.25, 0.3) is 5.91 Å². The first-order chi connectivity index (χ1) is 12.8. The largest absolute Gasteiger partial charge is 0.507 e. The van der Waals surface area contributed by atoms with E-state index in [1.165, 1.54) is 0 Å². The van der Waals surface area contributed by atoms with Crippen LogP contribution in [0.25, 0.3) is 0 Å². The fourth-order valence-corrected chi connectivity index (χ4v) is 5.73. The highest BCUT2D eigenvalue weighted by atomic mass is 16.3. The van der Waals surface area contributed by atoms with Gasteiger partial charge in [0.05, 0.1) is 11.2 Å². The van der Waals surface area contributed by atoms with Crippen LogP contribution in [0, 0.1) is 0 Å². The number of benzene rings is 1. The van der Waals surface area contributed by atoms with Crippen LogP contribution in [0.3, 0.4) is 0 Å². The summed E-state index contributed by atoms with van der Waals surface area (Å²) < 4.78 is 0. The molecule has 6 nitrogen and oxygen atoms in total. The molecule has 6 heteroatoms. The molecule has 27 heavy (non-hydrogen) atoms. The van der Waals surface area contributed by atoms with E-state index in [-0.39, 0.29) is 29.6 Å². The van der Waals surface area contributed by atoms with Crippen molar-refractivity contribution in [2.45, 2.75) is 55.6 Å². The van der Waals surface area contributed by atoms with Crippen molar-refractivity contribution in [3.8, 4) is 5.75 Å². The average molecular weight is 370 g/mol. The Kier molecular flexibility index (Phi) is 4.16. The number of hydrogen-bond acceptors (Lipinski definition) is 5. The van der Waals surface area contributed by atoms with Crippen LogP contribution in [0.15, 0.2) is 24.8 Å². The third-order valence-electron chi connectivity index (χ3n) is 6.97. The molecule has 0 spiro atoms. The van der Waals surface area contributed by atoms with Crippen LogP contribution in [-0.2, 0) is 16.6 Å². The molecule has 144 valence electrons. The Morgan fingerprint density at radius 1 is 1.41 bits per heavy atom. The predicted molar refractivity (Wildman–Crippen MR) is 101 cm³/mol. The van der Waals surface area contributed by atoms with Gasteiger partial charge in [-0.25, -0.2) is 0 Å². The normalized spacial score (nSPS) is 32.5. The minimum atomic E-state index is -1.11. The molecule has 1 heterocycles. The molecule has 2 bridgehead atoms. The van der Waals surface area contributed by atoms with Gasteiger partial charge in [-0.15, -0.1) is 6.58 Å². The molecule has 0 aromatic heterocycles. The number of hydrogen-bond donors (Lipinski definition) is 3. The molecule has 1 aromatic rings. The lowest BCUT2D eigenvalue weighted by atomic mass is 9.49. The zero-order valence-corrected chi connectivity index (χ0v) is 15.4. The highest BCUT2D eigenvalue weighted by molar-refractivity contribution is 5.96. The van der Waals surface area contributed by atoms with Crippen LogP contribution in [0.1, 0.15) is 53.6 Å². The van der Waals surface area contributed by atoms with Gasteiger partial charge in [0, 0.05) is 36.4 Å². The number of piperidine rings is 1. The molecule has 1 amide bonds. The number of ketones is 1. The number of nitrogens with zero attached hydrogens (tertiary/aromatic N) is 1. The van der Waals surface area contributed by atoms with E-state index in [0.29, 0.717) is 31.2 Å². The molecule has 2 aliphatic carbocycles. The van der Waals surface area contributed by atoms with Crippen LogP contribution in [-0.4, -0.2) is 51.5 Å². The van der Waals surface area contributed by atoms with Crippen molar-refractivity contribution in [3.05, 3.63) is 41.5 Å². The molecule has 4 rings (SSSR count). The van der Waals surface area contributed by atoms with Crippen molar-refractivity contribution >= 4 is 11.7 Å². The van der Waals surface area contributed by atoms with E-state index in [1.807, 2.05) is 12.1 Å². The molecular formula is C21H26N2O4. The number of fused-ring (bicyclic) bond motifs is 1. The van der Waals surface area contributed by atoms with Gasteiger partial charge in [-0.3, -0.25) is 14.5 Å². The second kappa shape index (κ2) is 6.17. The summed E-state index contributed by atoms with van der Waals surface area (Å²) in [6, 6.07) is 3.25. The van der Waals surface area contributed by atoms with E-state index in [0.717, 1.165) is 25.1 Å². The van der Waals surface area contributed by atoms with Crippen LogP contribution in [0.5, 0.6) is 5.75 Å². The van der Waals surface area contributed by atoms with Crippen molar-refractivity contribution in [3.63, 3.8) is 0 Å². The van der Waals surface area contributed by atoms with Crippen LogP contribution in [0.4, 0.5) is 0 Å². The molecule has 1 aliphatic heterocycles. The fourth-order valence-electron chi connectivity index (χ4n) is 5.73. The Hall–Kier alpha value is -2.18. The van der Waals surface area contributed by atoms with Gasteiger partial charge in [0.15, 0.2) is 0 Å². The Morgan fingerprint density at radius 3 is 2.89 bits per heavy atom. The molecule has 4 N–H and O–H groups in total. The molecule has 3 aliphatic rings. The lowest BCUT2D eigenvalue weighted by molar-refractivity contribution is -0.172. The first kappa shape index (κ1) is 18.2. The monoisotopic (exact) mass is 370 g/mol. The summed E-state index contributed by atoms with van der Waals surface area (Å²) in [7, 11) is 0. The number of aliphatic hydroxyl groups is 1. The number of carbonyl (C=O) groups is 2. The van der Waals surface area contributed by atoms with Crippen molar-refractivity contribution in [2.75, 3.05) is 13.1 Å². The summed E-state index contributed by atoms with van der Waals surface area (Å²) in [5, 5.41) is 22.8. The zero-order chi connectivity index (χ0) is 19.4. The van der Waals surface area contributed by atoms with Crippen molar-refractivity contribution in [1.29, 1.82) is 0 Å². The number of phenols is 1. The highest BCUT2D eigenvalue weighted by Crippen LogP contribution is 2.59. The maximum atomic E-state index is 12.4. The predicted octanol–water partition coefficient (Wildman–Crippen LogP) is 1.42. The number of likely N-dealkylation sites (tertiary alicyclic amines) is 1. The number of Topliss-reactive ketones (excluding diaryl/α,β-unsaturated/α-hetero) is 1. The standard InChI is InChI=1S/C21H26N2O4/c1-2-3-9-23-10-8-20-12-14(24)6-7-21(20,27)16(23)11-13-4-5-15(19(22)26)18(25)17(13)20/h2,4-5,16,25,27H,1,3,6-12H2,(H2,22,26)/t16-,20-,21?/m1/s1. The van der Waals surface area contributed by atoms with E-state index in [4.69, 9.17) is 5.73 Å². The summed E-state index contributed by atoms with van der Waals surface area (Å²) in [5.41, 5.74) is 4.97. The highest BCUT2D eigenvalue weighted by Gasteiger charge is 2.65. The first-order valence-electron chi connectivity index (χ1n) is 9.58. The topological polar surface area (TPSA) is 104 Å². The van der Waals surface area contributed by atoms with Crippen LogP contribution in [0.2, 0.25) is 0 Å². The Morgan fingerprint density at radius 2 is 2.19 bits per heavy atom. The summed E-state index contributed by atoms with van der Waals surface area (Å²) >= 11 is 0. The summed E-state index contributed by atoms with van der Waals surface area (Å²) in [6.07, 6.45) is 4.75. The van der Waals surface area contributed by atoms with Crippen LogP contribution < -0.4 is 5.73 Å². The molecule has 1 saturated carbocycles. The average Bonchev–Trinajstić information content (AvgIpc) is 2.61. The SMILES string of the molecule is C=CCCN1CC[C@]23CC(=O)CCC2(O)[C@H]1Cc1ccc(C(N)=O)c(O)c13. The maximum Gasteiger partial charge on any atom is 0.252 e. The Balaban J connectivity index is 1.92. The van der Waals surface area contributed by atoms with Gasteiger partial charge in [-0.05, 0) is 43.9 Å². The summed E-state index contributed by atoms with van der Waals surface area (Å²) in [4.78, 5) is 26.5. The van der Waals surface area contributed by atoms with Gasteiger partial charge in [-0.2, -0.15) is 0 Å². The van der Waals surface area contributed by atoms with Crippen molar-refractivity contribution < 1.29 is 19.8 Å². The minimum Gasteiger partial charge on any atom is -0.507 e. The van der Waals surface area contributed by atoms with Gasteiger partial charge in [0.2, 0.25) is 0 Å². The first-order valence-corrected chi connectivity index (χ1v) is 9.58. The number of primary amides is 1. The fraction of sp³-hybridized carbons (Fsp3) is 0.524. The van der Waals surface area contributed by atoms with Gasteiger partial charge in [0.1, 0.15) is 11.5 Å².